The highest BCUT2D eigenvalue weighted by Gasteiger charge is 2.34. The van der Waals surface area contributed by atoms with E-state index in [1.54, 1.807) is 0 Å². The van der Waals surface area contributed by atoms with E-state index in [1.807, 2.05) is 0 Å². The average molecular weight is 415 g/mol. The van der Waals surface area contributed by atoms with E-state index in [1.165, 1.54) is 51.4 Å². The molecule has 1 amide bonds. The molecule has 0 aliphatic heterocycles. The van der Waals surface area contributed by atoms with E-state index in [-0.39, 0.29) is 28.9 Å². The molecule has 0 radical (unpaired) electrons. The average Bonchev–Trinajstić information content (AvgIpc) is 2.66. The summed E-state index contributed by atoms with van der Waals surface area (Å²) in [5.74, 6) is -0.541. The maximum Gasteiger partial charge on any atom is 0.416 e. The van der Waals surface area contributed by atoms with Gasteiger partial charge in [-0.2, -0.15) is 13.2 Å². The number of carbonyl (C=O) groups excluding carboxylic acids is 1. The van der Waals surface area contributed by atoms with E-state index in [0.29, 0.717) is 0 Å². The number of anilines is 2. The Bertz CT molecular complexity index is 889. The molecule has 0 aromatic heterocycles. The molecule has 0 fully saturated rings. The van der Waals surface area contributed by atoms with E-state index in [2.05, 4.69) is 0 Å². The van der Waals surface area contributed by atoms with Crippen LogP contribution in [0.25, 0.3) is 0 Å². The van der Waals surface area contributed by atoms with Crippen LogP contribution in [-0.4, -0.2) is 33.9 Å². The van der Waals surface area contributed by atoms with Crippen LogP contribution < -0.4 is 4.31 Å². The van der Waals surface area contributed by atoms with Crippen molar-refractivity contribution in [2.24, 2.45) is 0 Å². The second-order valence-corrected chi connectivity index (χ2v) is 6.50. The van der Waals surface area contributed by atoms with Crippen LogP contribution in [0.2, 0.25) is 0 Å². The molecule has 2 rings (SSSR count). The second-order valence-electron chi connectivity index (χ2n) is 5.70. The molecule has 0 bridgehead atoms. The molecule has 6 nitrogen and oxygen atoms in total. The Hall–Kier alpha value is -2.43. The summed E-state index contributed by atoms with van der Waals surface area (Å²) < 4.78 is 64.6. The highest BCUT2D eigenvalue weighted by molar-refractivity contribution is 7.81. The van der Waals surface area contributed by atoms with Crippen LogP contribution in [0.3, 0.4) is 0 Å². The first kappa shape index (κ1) is 21.9. The van der Waals surface area contributed by atoms with Crippen molar-refractivity contribution in [1.82, 2.24) is 5.06 Å². The van der Waals surface area contributed by atoms with Crippen molar-refractivity contribution >= 4 is 28.5 Å². The number of hydroxylamine groups is 2. The first-order valence-corrected chi connectivity index (χ1v) is 9.15. The number of hydrogen-bond donors (Lipinski definition) is 0. The smallest absolute Gasteiger partial charge is 0.416 e. The van der Waals surface area contributed by atoms with Gasteiger partial charge in [-0.3, -0.25) is 18.1 Å². The van der Waals surface area contributed by atoms with Crippen molar-refractivity contribution in [1.29, 1.82) is 0 Å². The van der Waals surface area contributed by atoms with Gasteiger partial charge in [-0.05, 0) is 42.3 Å². The molecular weight excluding hydrogens is 397 g/mol. The summed E-state index contributed by atoms with van der Waals surface area (Å²) in [6.07, 6.45) is -4.67. The Morgan fingerprint density at radius 1 is 1.21 bits per heavy atom. The van der Waals surface area contributed by atoms with E-state index < -0.39 is 28.9 Å². The minimum Gasteiger partial charge on any atom is -0.755 e. The highest BCUT2D eigenvalue weighted by Crippen LogP contribution is 2.39. The maximum atomic E-state index is 13.3. The van der Waals surface area contributed by atoms with Gasteiger partial charge in [-0.25, -0.2) is 5.06 Å². The summed E-state index contributed by atoms with van der Waals surface area (Å²) in [5, 5.41) is 0.944. The molecule has 2 aromatic rings. The molecule has 0 saturated carbocycles. The zero-order valence-electron chi connectivity index (χ0n) is 15.3. The van der Waals surface area contributed by atoms with Gasteiger partial charge in [0.2, 0.25) is 0 Å². The predicted octanol–water partition coefficient (Wildman–Crippen LogP) is 3.83. The second kappa shape index (κ2) is 8.72. The highest BCUT2D eigenvalue weighted by atomic mass is 32.2. The minimum absolute atomic E-state index is 0.0257. The number of halogens is 3. The van der Waals surface area contributed by atoms with Gasteiger partial charge in [0.25, 0.3) is 5.91 Å². The number of carbonyl (C=O) groups is 1. The molecule has 0 aliphatic carbocycles. The van der Waals surface area contributed by atoms with Crippen LogP contribution in [0, 0.1) is 0 Å². The van der Waals surface area contributed by atoms with Crippen LogP contribution in [0.5, 0.6) is 0 Å². The van der Waals surface area contributed by atoms with Crippen molar-refractivity contribution in [3.63, 3.8) is 0 Å². The van der Waals surface area contributed by atoms with Crippen LogP contribution in [-0.2, 0) is 28.7 Å². The zero-order valence-corrected chi connectivity index (χ0v) is 16.1. The van der Waals surface area contributed by atoms with Crippen LogP contribution >= 0.6 is 0 Å². The molecule has 1 unspecified atom stereocenters. The molecule has 0 aliphatic rings. The van der Waals surface area contributed by atoms with Crippen molar-refractivity contribution in [2.75, 3.05) is 18.5 Å². The SMILES string of the molecule is CCc1c(N(c2cccc(C(=O)N(C)OC)c2)S(=O)[O-])cccc1C(F)(F)F. The van der Waals surface area contributed by atoms with Crippen molar-refractivity contribution in [3.8, 4) is 0 Å². The molecule has 0 saturated heterocycles. The molecule has 0 heterocycles. The first-order chi connectivity index (χ1) is 13.1. The third-order valence-corrected chi connectivity index (χ3v) is 4.77. The van der Waals surface area contributed by atoms with Gasteiger partial charge in [0, 0.05) is 12.6 Å². The number of nitrogens with zero attached hydrogens (tertiary/aromatic N) is 2. The Kier molecular flexibility index (Phi) is 6.81. The summed E-state index contributed by atoms with van der Waals surface area (Å²) in [6, 6.07) is 8.88. The minimum atomic E-state index is -4.63. The van der Waals surface area contributed by atoms with Gasteiger partial charge in [0.1, 0.15) is 0 Å². The Morgan fingerprint density at radius 2 is 1.86 bits per heavy atom. The third-order valence-electron chi connectivity index (χ3n) is 4.07. The molecular formula is C18H18F3N2O4S-. The molecule has 152 valence electrons. The first-order valence-electron chi connectivity index (χ1n) is 8.12. The fourth-order valence-electron chi connectivity index (χ4n) is 2.74. The van der Waals surface area contributed by atoms with E-state index >= 15 is 0 Å². The van der Waals surface area contributed by atoms with Crippen LogP contribution in [0.15, 0.2) is 42.5 Å². The van der Waals surface area contributed by atoms with E-state index in [4.69, 9.17) is 4.84 Å². The van der Waals surface area contributed by atoms with E-state index in [0.717, 1.165) is 21.5 Å². The lowest BCUT2D eigenvalue weighted by atomic mass is 10.0. The quantitative estimate of drug-likeness (QED) is 0.531. The van der Waals surface area contributed by atoms with E-state index in [9.17, 15) is 26.7 Å². The molecule has 0 N–H and O–H groups in total. The summed E-state index contributed by atoms with van der Waals surface area (Å²) in [5.41, 5.74) is -1.06. The predicted molar refractivity (Wildman–Crippen MR) is 97.4 cm³/mol. The lowest BCUT2D eigenvalue weighted by molar-refractivity contribution is -0.138. The Labute approximate surface area is 162 Å². The molecule has 2 aromatic carbocycles. The number of benzene rings is 2. The van der Waals surface area contributed by atoms with Crippen LogP contribution in [0.4, 0.5) is 24.5 Å². The Balaban J connectivity index is 2.63. The molecule has 28 heavy (non-hydrogen) atoms. The fourth-order valence-corrected chi connectivity index (χ4v) is 3.35. The van der Waals surface area contributed by atoms with Gasteiger partial charge < -0.3 is 4.55 Å². The van der Waals surface area contributed by atoms with Gasteiger partial charge in [0.05, 0.1) is 35.3 Å². The van der Waals surface area contributed by atoms with Gasteiger partial charge in [-0.15, -0.1) is 0 Å². The largest absolute Gasteiger partial charge is 0.755 e. The summed E-state index contributed by atoms with van der Waals surface area (Å²) >= 11 is -2.93. The van der Waals surface area contributed by atoms with Crippen molar-refractivity contribution < 1.29 is 31.6 Å². The fraction of sp³-hybridized carbons (Fsp3) is 0.278. The van der Waals surface area contributed by atoms with Crippen molar-refractivity contribution in [3.05, 3.63) is 59.2 Å². The normalized spacial score (nSPS) is 12.5. The van der Waals surface area contributed by atoms with Crippen molar-refractivity contribution in [2.45, 2.75) is 19.5 Å². The monoisotopic (exact) mass is 415 g/mol. The Morgan fingerprint density at radius 3 is 2.39 bits per heavy atom. The summed E-state index contributed by atoms with van der Waals surface area (Å²) in [4.78, 5) is 17.1. The lowest BCUT2D eigenvalue weighted by Crippen LogP contribution is -2.26. The van der Waals surface area contributed by atoms with Gasteiger partial charge in [0.15, 0.2) is 0 Å². The number of amides is 1. The maximum absolute atomic E-state index is 13.3. The van der Waals surface area contributed by atoms with Crippen LogP contribution in [0.1, 0.15) is 28.4 Å². The molecule has 10 heteroatoms. The number of hydrogen-bond acceptors (Lipinski definition) is 4. The summed E-state index contributed by atoms with van der Waals surface area (Å²) in [6.45, 7) is 1.51. The van der Waals surface area contributed by atoms with Gasteiger partial charge in [-0.1, -0.05) is 19.1 Å². The lowest BCUT2D eigenvalue weighted by Gasteiger charge is -2.30. The molecule has 1 atom stereocenters. The summed E-state index contributed by atoms with van der Waals surface area (Å²) in [7, 11) is 2.66. The topological polar surface area (TPSA) is 72.9 Å². The standard InChI is InChI=1S/C18H19F3N2O4S/c1-4-14-15(18(19,20)21)9-6-10-16(14)23(28(25)26)13-8-5-7-12(11-13)17(24)22(2)27-3/h5-11H,4H2,1-3H3,(H,25,26)/p-1. The number of alkyl halides is 3. The zero-order chi connectivity index (χ0) is 21.1. The van der Waals surface area contributed by atoms with Gasteiger partial charge >= 0.3 is 6.18 Å². The molecule has 0 spiro atoms. The third kappa shape index (κ3) is 4.51. The number of rotatable bonds is 6.